The van der Waals surface area contributed by atoms with Crippen molar-refractivity contribution >= 4 is 54.8 Å². The first-order valence-electron chi connectivity index (χ1n) is 4.99. The van der Waals surface area contributed by atoms with Crippen molar-refractivity contribution in [2.24, 2.45) is 0 Å². The van der Waals surface area contributed by atoms with Crippen molar-refractivity contribution in [2.45, 2.75) is 6.92 Å². The van der Waals surface area contributed by atoms with Gasteiger partial charge < -0.3 is 5.32 Å². The molecule has 2 nitrogen and oxygen atoms in total. The highest BCUT2D eigenvalue weighted by molar-refractivity contribution is 9.11. The minimum atomic E-state index is -0.468. The fourth-order valence-electron chi connectivity index (χ4n) is 1.35. The van der Waals surface area contributed by atoms with Crippen molar-refractivity contribution in [1.82, 2.24) is 0 Å². The molecule has 0 saturated carbocycles. The second-order valence-corrected chi connectivity index (χ2v) is 6.93. The molecule has 0 saturated heterocycles. The zero-order valence-corrected chi connectivity index (χ0v) is 13.2. The smallest absolute Gasteiger partial charge is 0.265 e. The average molecular weight is 393 g/mol. The Morgan fingerprint density at radius 2 is 2.06 bits per heavy atom. The molecule has 0 aliphatic carbocycles. The van der Waals surface area contributed by atoms with Crippen LogP contribution in [0.4, 0.5) is 10.1 Å². The maximum absolute atomic E-state index is 13.6. The highest BCUT2D eigenvalue weighted by Crippen LogP contribution is 2.28. The van der Waals surface area contributed by atoms with E-state index in [-0.39, 0.29) is 11.6 Å². The Kier molecular flexibility index (Phi) is 4.19. The first kappa shape index (κ1) is 13.7. The first-order valence-corrected chi connectivity index (χ1v) is 7.40. The van der Waals surface area contributed by atoms with Crippen LogP contribution in [0.25, 0.3) is 0 Å². The molecule has 2 aromatic rings. The Morgan fingerprint density at radius 1 is 1.33 bits per heavy atom. The van der Waals surface area contributed by atoms with E-state index in [0.717, 1.165) is 9.35 Å². The summed E-state index contributed by atoms with van der Waals surface area (Å²) < 4.78 is 15.1. The van der Waals surface area contributed by atoms with Gasteiger partial charge in [0.25, 0.3) is 5.91 Å². The summed E-state index contributed by atoms with van der Waals surface area (Å²) in [6, 6.07) is 6.27. The predicted molar refractivity (Wildman–Crippen MR) is 78.8 cm³/mol. The summed E-state index contributed by atoms with van der Waals surface area (Å²) in [5.74, 6) is -0.778. The van der Waals surface area contributed by atoms with E-state index in [1.54, 1.807) is 12.1 Å². The van der Waals surface area contributed by atoms with E-state index in [0.29, 0.717) is 9.35 Å². The predicted octanol–water partition coefficient (Wildman–Crippen LogP) is 4.97. The molecule has 0 radical (unpaired) electrons. The van der Waals surface area contributed by atoms with Crippen molar-refractivity contribution in [3.05, 3.63) is 48.8 Å². The van der Waals surface area contributed by atoms with Gasteiger partial charge in [0.15, 0.2) is 0 Å². The van der Waals surface area contributed by atoms with Gasteiger partial charge >= 0.3 is 0 Å². The van der Waals surface area contributed by atoms with Gasteiger partial charge in [-0.25, -0.2) is 4.39 Å². The van der Waals surface area contributed by atoms with E-state index in [9.17, 15) is 9.18 Å². The molecule has 1 heterocycles. The van der Waals surface area contributed by atoms with Crippen LogP contribution in [0.5, 0.6) is 0 Å². The van der Waals surface area contributed by atoms with Crippen molar-refractivity contribution in [3.8, 4) is 0 Å². The lowest BCUT2D eigenvalue weighted by molar-refractivity contribution is 0.103. The number of hydrogen-bond acceptors (Lipinski definition) is 2. The van der Waals surface area contributed by atoms with Gasteiger partial charge in [0.1, 0.15) is 5.82 Å². The van der Waals surface area contributed by atoms with Gasteiger partial charge in [-0.05, 0) is 52.7 Å². The molecule has 1 amide bonds. The number of thiophene rings is 1. The number of benzene rings is 1. The fraction of sp³-hybridized carbons (Fsp3) is 0.0833. The molecule has 1 aromatic heterocycles. The number of hydrogen-bond donors (Lipinski definition) is 1. The second-order valence-electron chi connectivity index (χ2n) is 3.65. The quantitative estimate of drug-likeness (QED) is 0.767. The highest BCUT2D eigenvalue weighted by Gasteiger charge is 2.13. The molecule has 0 aliphatic rings. The van der Waals surface area contributed by atoms with Crippen molar-refractivity contribution in [1.29, 1.82) is 0 Å². The number of carbonyl (C=O) groups excluding carboxylic acids is 1. The molecule has 0 atom stereocenters. The Balaban J connectivity index is 2.21. The number of aryl methyl sites for hydroxylation is 1. The summed E-state index contributed by atoms with van der Waals surface area (Å²) in [4.78, 5) is 12.5. The van der Waals surface area contributed by atoms with Crippen LogP contribution in [0.2, 0.25) is 0 Å². The molecule has 94 valence electrons. The van der Waals surface area contributed by atoms with E-state index in [2.05, 4.69) is 37.2 Å². The Morgan fingerprint density at radius 3 is 2.61 bits per heavy atom. The molecule has 0 aliphatic heterocycles. The Hall–Kier alpha value is -0.720. The number of halogens is 3. The minimum absolute atomic E-state index is 0.172. The lowest BCUT2D eigenvalue weighted by atomic mass is 10.3. The van der Waals surface area contributed by atoms with Crippen LogP contribution in [-0.2, 0) is 0 Å². The average Bonchev–Trinajstić information content (AvgIpc) is 2.63. The molecule has 1 N–H and O–H groups in total. The van der Waals surface area contributed by atoms with Crippen LogP contribution in [-0.4, -0.2) is 5.91 Å². The zero-order chi connectivity index (χ0) is 13.3. The summed E-state index contributed by atoms with van der Waals surface area (Å²) in [7, 11) is 0. The van der Waals surface area contributed by atoms with Gasteiger partial charge in [0.05, 0.1) is 14.4 Å². The summed E-state index contributed by atoms with van der Waals surface area (Å²) in [6.45, 7) is 1.90. The lowest BCUT2D eigenvalue weighted by Crippen LogP contribution is -2.11. The topological polar surface area (TPSA) is 29.1 Å². The Labute approximate surface area is 124 Å². The van der Waals surface area contributed by atoms with Crippen LogP contribution in [0.1, 0.15) is 15.2 Å². The SMILES string of the molecule is Cc1cc(C(=O)Nc2ccc(Br)cc2F)sc1Br. The second kappa shape index (κ2) is 5.50. The van der Waals surface area contributed by atoms with Gasteiger partial charge in [-0.3, -0.25) is 4.79 Å². The van der Waals surface area contributed by atoms with E-state index in [1.807, 2.05) is 6.92 Å². The number of rotatable bonds is 2. The standard InChI is InChI=1S/C12H8Br2FNOS/c1-6-4-10(18-11(6)14)12(17)16-9-3-2-7(13)5-8(9)15/h2-5H,1H3,(H,16,17). The molecule has 1 aromatic carbocycles. The number of nitrogens with one attached hydrogen (secondary N) is 1. The molecule has 18 heavy (non-hydrogen) atoms. The highest BCUT2D eigenvalue weighted by atomic mass is 79.9. The van der Waals surface area contributed by atoms with Gasteiger partial charge in [-0.15, -0.1) is 11.3 Å². The molecule has 2 rings (SSSR count). The maximum atomic E-state index is 13.6. The third kappa shape index (κ3) is 2.99. The molecule has 0 unspecified atom stereocenters. The van der Waals surface area contributed by atoms with Crippen LogP contribution < -0.4 is 5.32 Å². The maximum Gasteiger partial charge on any atom is 0.265 e. The molecule has 0 bridgehead atoms. The molecular weight excluding hydrogens is 385 g/mol. The molecule has 6 heteroatoms. The number of anilines is 1. The Bertz CT molecular complexity index is 593. The van der Waals surface area contributed by atoms with Gasteiger partial charge in [0, 0.05) is 4.47 Å². The summed E-state index contributed by atoms with van der Waals surface area (Å²) in [5.41, 5.74) is 1.16. The normalized spacial score (nSPS) is 10.4. The van der Waals surface area contributed by atoms with Crippen LogP contribution in [0.3, 0.4) is 0 Å². The zero-order valence-electron chi connectivity index (χ0n) is 9.26. The van der Waals surface area contributed by atoms with E-state index >= 15 is 0 Å². The minimum Gasteiger partial charge on any atom is -0.319 e. The van der Waals surface area contributed by atoms with E-state index in [4.69, 9.17) is 0 Å². The van der Waals surface area contributed by atoms with Crippen molar-refractivity contribution in [2.75, 3.05) is 5.32 Å². The van der Waals surface area contributed by atoms with Crippen LogP contribution in [0.15, 0.2) is 32.5 Å². The fourth-order valence-corrected chi connectivity index (χ4v) is 3.11. The number of carbonyl (C=O) groups is 1. The summed E-state index contributed by atoms with van der Waals surface area (Å²) in [6.07, 6.45) is 0. The third-order valence-electron chi connectivity index (χ3n) is 2.26. The van der Waals surface area contributed by atoms with Crippen LogP contribution in [0, 0.1) is 12.7 Å². The van der Waals surface area contributed by atoms with Gasteiger partial charge in [-0.2, -0.15) is 0 Å². The first-order chi connectivity index (χ1) is 8.47. The van der Waals surface area contributed by atoms with Gasteiger partial charge in [-0.1, -0.05) is 15.9 Å². The number of amides is 1. The van der Waals surface area contributed by atoms with E-state index in [1.165, 1.54) is 23.5 Å². The molecule has 0 spiro atoms. The van der Waals surface area contributed by atoms with Crippen molar-refractivity contribution in [3.63, 3.8) is 0 Å². The molecular formula is C12H8Br2FNOS. The third-order valence-corrected chi connectivity index (χ3v) is 4.89. The van der Waals surface area contributed by atoms with Crippen LogP contribution >= 0.6 is 43.2 Å². The largest absolute Gasteiger partial charge is 0.319 e. The summed E-state index contributed by atoms with van der Waals surface area (Å²) >= 11 is 7.84. The van der Waals surface area contributed by atoms with Crippen molar-refractivity contribution < 1.29 is 9.18 Å². The lowest BCUT2D eigenvalue weighted by Gasteiger charge is -2.05. The van der Waals surface area contributed by atoms with Gasteiger partial charge in [0.2, 0.25) is 0 Å². The molecule has 0 fully saturated rings. The monoisotopic (exact) mass is 391 g/mol. The summed E-state index contributed by atoms with van der Waals surface area (Å²) in [5, 5.41) is 2.55. The van der Waals surface area contributed by atoms with E-state index < -0.39 is 5.82 Å².